The second-order valence-corrected chi connectivity index (χ2v) is 6.15. The van der Waals surface area contributed by atoms with Crippen LogP contribution in [0.4, 0.5) is 25.0 Å². The van der Waals surface area contributed by atoms with Gasteiger partial charge < -0.3 is 19.9 Å². The second kappa shape index (κ2) is 8.03. The first-order valence-corrected chi connectivity index (χ1v) is 8.44. The number of amides is 2. The highest BCUT2D eigenvalue weighted by molar-refractivity contribution is 5.89. The van der Waals surface area contributed by atoms with Crippen molar-refractivity contribution in [2.75, 3.05) is 36.4 Å². The topological polar surface area (TPSA) is 44.8 Å². The number of halogens is 2. The molecule has 0 aliphatic carbocycles. The smallest absolute Gasteiger partial charge is 0.387 e. The Bertz CT molecular complexity index is 762. The van der Waals surface area contributed by atoms with Crippen LogP contribution in [0.5, 0.6) is 5.75 Å². The fourth-order valence-corrected chi connectivity index (χ4v) is 2.94. The molecule has 0 aromatic heterocycles. The molecule has 1 fully saturated rings. The molecule has 2 aromatic rings. The number of ether oxygens (including phenoxy) is 1. The van der Waals surface area contributed by atoms with Crippen molar-refractivity contribution in [2.45, 2.75) is 13.5 Å². The Labute approximate surface area is 151 Å². The normalized spacial score (nSPS) is 14.5. The highest BCUT2D eigenvalue weighted by Crippen LogP contribution is 2.21. The molecule has 2 amide bonds. The standard InChI is InChI=1S/C19H21F2N3O2/c1-14-4-2-6-16(12-14)23-8-10-24(11-9-23)19(25)22-15-5-3-7-17(13-15)26-18(20)21/h2-7,12-13,18H,8-11H2,1H3,(H,22,25). The summed E-state index contributed by atoms with van der Waals surface area (Å²) in [4.78, 5) is 16.4. The molecule has 138 valence electrons. The molecule has 0 unspecified atom stereocenters. The molecule has 2 aromatic carbocycles. The summed E-state index contributed by atoms with van der Waals surface area (Å²) in [6.45, 7) is 1.83. The van der Waals surface area contributed by atoms with Gasteiger partial charge in [-0.1, -0.05) is 18.2 Å². The van der Waals surface area contributed by atoms with Gasteiger partial charge in [0.05, 0.1) is 0 Å². The zero-order valence-corrected chi connectivity index (χ0v) is 14.5. The first-order chi connectivity index (χ1) is 12.5. The number of hydrogen-bond acceptors (Lipinski definition) is 3. The first kappa shape index (κ1) is 18.0. The van der Waals surface area contributed by atoms with Crippen LogP contribution in [0.2, 0.25) is 0 Å². The summed E-state index contributed by atoms with van der Waals surface area (Å²) in [5, 5.41) is 2.73. The van der Waals surface area contributed by atoms with Gasteiger partial charge in [-0.2, -0.15) is 8.78 Å². The van der Waals surface area contributed by atoms with E-state index in [-0.39, 0.29) is 11.8 Å². The van der Waals surface area contributed by atoms with Crippen LogP contribution in [0.25, 0.3) is 0 Å². The van der Waals surface area contributed by atoms with E-state index in [1.165, 1.54) is 17.7 Å². The Morgan fingerprint density at radius 1 is 1.08 bits per heavy atom. The van der Waals surface area contributed by atoms with E-state index in [4.69, 9.17) is 0 Å². The monoisotopic (exact) mass is 361 g/mol. The molecule has 7 heteroatoms. The van der Waals surface area contributed by atoms with Crippen molar-refractivity contribution in [3.63, 3.8) is 0 Å². The first-order valence-electron chi connectivity index (χ1n) is 8.44. The van der Waals surface area contributed by atoms with E-state index in [9.17, 15) is 13.6 Å². The number of urea groups is 1. The fourth-order valence-electron chi connectivity index (χ4n) is 2.94. The largest absolute Gasteiger partial charge is 0.435 e. The van der Waals surface area contributed by atoms with Crippen molar-refractivity contribution in [3.8, 4) is 5.75 Å². The van der Waals surface area contributed by atoms with E-state index in [2.05, 4.69) is 40.1 Å². The van der Waals surface area contributed by atoms with Crippen LogP contribution in [0, 0.1) is 6.92 Å². The molecule has 1 heterocycles. The van der Waals surface area contributed by atoms with Crippen LogP contribution in [0.1, 0.15) is 5.56 Å². The lowest BCUT2D eigenvalue weighted by Crippen LogP contribution is -2.50. The fraction of sp³-hybridized carbons (Fsp3) is 0.316. The van der Waals surface area contributed by atoms with Gasteiger partial charge in [0.15, 0.2) is 0 Å². The van der Waals surface area contributed by atoms with Crippen LogP contribution in [-0.2, 0) is 0 Å². The predicted octanol–water partition coefficient (Wildman–Crippen LogP) is 3.95. The minimum absolute atomic E-state index is 0.0158. The number of carbonyl (C=O) groups is 1. The molecule has 26 heavy (non-hydrogen) atoms. The number of benzene rings is 2. The number of hydrogen-bond donors (Lipinski definition) is 1. The maximum atomic E-state index is 12.4. The Morgan fingerprint density at radius 2 is 1.81 bits per heavy atom. The minimum atomic E-state index is -2.89. The van der Waals surface area contributed by atoms with Gasteiger partial charge in [0, 0.05) is 43.6 Å². The molecule has 3 rings (SSSR count). The zero-order chi connectivity index (χ0) is 18.5. The van der Waals surface area contributed by atoms with Crippen molar-refractivity contribution < 1.29 is 18.3 Å². The summed E-state index contributed by atoms with van der Waals surface area (Å²) >= 11 is 0. The lowest BCUT2D eigenvalue weighted by molar-refractivity contribution is -0.0497. The Kier molecular flexibility index (Phi) is 5.55. The number of nitrogens with one attached hydrogen (secondary N) is 1. The molecule has 0 spiro atoms. The maximum Gasteiger partial charge on any atom is 0.387 e. The molecular weight excluding hydrogens is 340 g/mol. The van der Waals surface area contributed by atoms with Gasteiger partial charge in [-0.3, -0.25) is 0 Å². The quantitative estimate of drug-likeness (QED) is 0.897. The molecule has 0 bridgehead atoms. The molecule has 1 aliphatic rings. The average molecular weight is 361 g/mol. The number of aryl methyl sites for hydroxylation is 1. The van der Waals surface area contributed by atoms with E-state index in [0.717, 1.165) is 18.8 Å². The third-order valence-corrected chi connectivity index (χ3v) is 4.24. The van der Waals surface area contributed by atoms with Gasteiger partial charge in [-0.15, -0.1) is 0 Å². The van der Waals surface area contributed by atoms with Crippen LogP contribution >= 0.6 is 0 Å². The third kappa shape index (κ3) is 4.62. The number of rotatable bonds is 4. The molecule has 5 nitrogen and oxygen atoms in total. The average Bonchev–Trinajstić information content (AvgIpc) is 2.61. The van der Waals surface area contributed by atoms with Crippen molar-refractivity contribution in [3.05, 3.63) is 54.1 Å². The van der Waals surface area contributed by atoms with E-state index in [1.54, 1.807) is 17.0 Å². The van der Waals surface area contributed by atoms with E-state index in [0.29, 0.717) is 18.8 Å². The Balaban J connectivity index is 1.55. The highest BCUT2D eigenvalue weighted by Gasteiger charge is 2.21. The van der Waals surface area contributed by atoms with Gasteiger partial charge in [0.2, 0.25) is 0 Å². The van der Waals surface area contributed by atoms with Gasteiger partial charge >= 0.3 is 12.6 Å². The van der Waals surface area contributed by atoms with Crippen molar-refractivity contribution in [2.24, 2.45) is 0 Å². The number of anilines is 2. The third-order valence-electron chi connectivity index (χ3n) is 4.24. The van der Waals surface area contributed by atoms with Crippen LogP contribution in [-0.4, -0.2) is 43.7 Å². The lowest BCUT2D eigenvalue weighted by atomic mass is 10.2. The molecule has 1 N–H and O–H groups in total. The van der Waals surface area contributed by atoms with E-state index in [1.807, 2.05) is 6.07 Å². The summed E-state index contributed by atoms with van der Waals surface area (Å²) in [5.41, 5.74) is 2.78. The summed E-state index contributed by atoms with van der Waals surface area (Å²) in [5.74, 6) is 0.0158. The Morgan fingerprint density at radius 3 is 2.50 bits per heavy atom. The summed E-state index contributed by atoms with van der Waals surface area (Å²) in [6, 6.07) is 14.0. The predicted molar refractivity (Wildman–Crippen MR) is 97.1 cm³/mol. The number of piperazine rings is 1. The van der Waals surface area contributed by atoms with Crippen molar-refractivity contribution in [1.82, 2.24) is 4.90 Å². The van der Waals surface area contributed by atoms with Gasteiger partial charge in [0.1, 0.15) is 5.75 Å². The van der Waals surface area contributed by atoms with E-state index >= 15 is 0 Å². The van der Waals surface area contributed by atoms with Crippen molar-refractivity contribution in [1.29, 1.82) is 0 Å². The minimum Gasteiger partial charge on any atom is -0.435 e. The van der Waals surface area contributed by atoms with Crippen LogP contribution in [0.15, 0.2) is 48.5 Å². The summed E-state index contributed by atoms with van der Waals surface area (Å²) < 4.78 is 28.9. The number of carbonyl (C=O) groups excluding carboxylic acids is 1. The van der Waals surface area contributed by atoms with Crippen molar-refractivity contribution >= 4 is 17.4 Å². The second-order valence-electron chi connectivity index (χ2n) is 6.15. The lowest BCUT2D eigenvalue weighted by Gasteiger charge is -2.36. The highest BCUT2D eigenvalue weighted by atomic mass is 19.3. The van der Waals surface area contributed by atoms with Gasteiger partial charge in [-0.05, 0) is 36.8 Å². The maximum absolute atomic E-state index is 12.4. The SMILES string of the molecule is Cc1cccc(N2CCN(C(=O)Nc3cccc(OC(F)F)c3)CC2)c1. The number of alkyl halides is 2. The van der Waals surface area contributed by atoms with Crippen LogP contribution in [0.3, 0.4) is 0 Å². The van der Waals surface area contributed by atoms with Crippen LogP contribution < -0.4 is 15.0 Å². The zero-order valence-electron chi connectivity index (χ0n) is 14.5. The van der Waals surface area contributed by atoms with Gasteiger partial charge in [-0.25, -0.2) is 4.79 Å². The molecule has 1 saturated heterocycles. The van der Waals surface area contributed by atoms with E-state index < -0.39 is 6.61 Å². The Hall–Kier alpha value is -2.83. The molecular formula is C19H21F2N3O2. The molecule has 0 radical (unpaired) electrons. The molecule has 0 atom stereocenters. The molecule has 0 saturated carbocycles. The summed E-state index contributed by atoms with van der Waals surface area (Å²) in [6.07, 6.45) is 0. The van der Waals surface area contributed by atoms with Gasteiger partial charge in [0.25, 0.3) is 0 Å². The summed E-state index contributed by atoms with van der Waals surface area (Å²) in [7, 11) is 0. The number of nitrogens with zero attached hydrogens (tertiary/aromatic N) is 2. The molecule has 1 aliphatic heterocycles.